The van der Waals surface area contributed by atoms with Gasteiger partial charge in [0.25, 0.3) is 0 Å². The largest absolute Gasteiger partial charge is 0.392 e. The first-order valence-electron chi connectivity index (χ1n) is 6.95. The van der Waals surface area contributed by atoms with E-state index in [2.05, 4.69) is 0 Å². The van der Waals surface area contributed by atoms with Gasteiger partial charge in [0, 0.05) is 30.3 Å². The Morgan fingerprint density at radius 3 is 2.45 bits per heavy atom. The Kier molecular flexibility index (Phi) is 4.99. The van der Waals surface area contributed by atoms with Crippen molar-refractivity contribution in [1.29, 1.82) is 0 Å². The minimum atomic E-state index is -2.58. The third-order valence-corrected chi connectivity index (χ3v) is 4.56. The summed E-state index contributed by atoms with van der Waals surface area (Å²) >= 11 is 6.14. The Balaban J connectivity index is 2.10. The molecule has 2 unspecified atom stereocenters. The lowest BCUT2D eigenvalue weighted by atomic mass is 9.77. The van der Waals surface area contributed by atoms with Crippen molar-refractivity contribution >= 4 is 11.6 Å². The molecule has 0 radical (unpaired) electrons. The summed E-state index contributed by atoms with van der Waals surface area (Å²) in [6, 6.07) is 7.24. The number of benzene rings is 1. The van der Waals surface area contributed by atoms with Crippen LogP contribution in [0.3, 0.4) is 0 Å². The van der Waals surface area contributed by atoms with Gasteiger partial charge in [0.05, 0.1) is 6.10 Å². The van der Waals surface area contributed by atoms with E-state index < -0.39 is 12.0 Å². The standard InChI is InChI=1S/C15H20ClF2NO/c16-13-4-2-1-3-11(13)12(9-19)14(20)10-5-7-15(17,18)8-6-10/h1-4,10,12,14,20H,5-9,19H2. The zero-order valence-corrected chi connectivity index (χ0v) is 12.0. The molecule has 0 amide bonds. The summed E-state index contributed by atoms with van der Waals surface area (Å²) in [5, 5.41) is 11.1. The van der Waals surface area contributed by atoms with Gasteiger partial charge in [0.2, 0.25) is 5.92 Å². The van der Waals surface area contributed by atoms with Crippen LogP contribution in [0.4, 0.5) is 8.78 Å². The molecule has 20 heavy (non-hydrogen) atoms. The molecule has 2 rings (SSSR count). The lowest BCUT2D eigenvalue weighted by Crippen LogP contribution is -2.37. The summed E-state index contributed by atoms with van der Waals surface area (Å²) in [6.45, 7) is 0.248. The Morgan fingerprint density at radius 1 is 1.30 bits per heavy atom. The van der Waals surface area contributed by atoms with Crippen molar-refractivity contribution in [2.45, 2.75) is 43.6 Å². The quantitative estimate of drug-likeness (QED) is 0.893. The maximum Gasteiger partial charge on any atom is 0.248 e. The fourth-order valence-corrected chi connectivity index (χ4v) is 3.23. The third kappa shape index (κ3) is 3.48. The van der Waals surface area contributed by atoms with Crippen LogP contribution in [0.5, 0.6) is 0 Å². The van der Waals surface area contributed by atoms with Crippen LogP contribution in [0.25, 0.3) is 0 Å². The SMILES string of the molecule is NCC(c1ccccc1Cl)C(O)C1CCC(F)(F)CC1. The highest BCUT2D eigenvalue weighted by Gasteiger charge is 2.39. The van der Waals surface area contributed by atoms with Crippen LogP contribution in [-0.4, -0.2) is 23.7 Å². The minimum Gasteiger partial charge on any atom is -0.392 e. The van der Waals surface area contributed by atoms with Crippen molar-refractivity contribution in [3.05, 3.63) is 34.9 Å². The molecule has 112 valence electrons. The number of hydrogen-bond acceptors (Lipinski definition) is 2. The van der Waals surface area contributed by atoms with E-state index >= 15 is 0 Å². The second-order valence-corrected chi connectivity index (χ2v) is 5.95. The number of aliphatic hydroxyl groups is 1. The van der Waals surface area contributed by atoms with Crippen molar-refractivity contribution in [1.82, 2.24) is 0 Å². The lowest BCUT2D eigenvalue weighted by Gasteiger charge is -2.35. The normalized spacial score (nSPS) is 22.4. The maximum atomic E-state index is 13.2. The first-order chi connectivity index (χ1) is 9.44. The maximum absolute atomic E-state index is 13.2. The second kappa shape index (κ2) is 6.37. The van der Waals surface area contributed by atoms with Crippen molar-refractivity contribution < 1.29 is 13.9 Å². The molecule has 1 aromatic rings. The summed E-state index contributed by atoms with van der Waals surface area (Å²) in [4.78, 5) is 0. The predicted molar refractivity (Wildman–Crippen MR) is 76.2 cm³/mol. The average Bonchev–Trinajstić information content (AvgIpc) is 2.41. The molecule has 0 heterocycles. The molecular weight excluding hydrogens is 284 g/mol. The molecule has 1 saturated carbocycles. The molecule has 2 nitrogen and oxygen atoms in total. The highest BCUT2D eigenvalue weighted by molar-refractivity contribution is 6.31. The Morgan fingerprint density at radius 2 is 1.90 bits per heavy atom. The van der Waals surface area contributed by atoms with Crippen LogP contribution < -0.4 is 5.73 Å². The zero-order chi connectivity index (χ0) is 14.8. The highest BCUT2D eigenvalue weighted by Crippen LogP contribution is 2.40. The van der Waals surface area contributed by atoms with Gasteiger partial charge in [-0.25, -0.2) is 8.78 Å². The molecule has 1 aliphatic rings. The summed E-state index contributed by atoms with van der Waals surface area (Å²) in [6.07, 6.45) is -0.385. The van der Waals surface area contributed by atoms with Crippen molar-refractivity contribution in [2.75, 3.05) is 6.54 Å². The van der Waals surface area contributed by atoms with Gasteiger partial charge in [-0.1, -0.05) is 29.8 Å². The Hall–Kier alpha value is -0.710. The zero-order valence-electron chi connectivity index (χ0n) is 11.2. The van der Waals surface area contributed by atoms with E-state index in [0.717, 1.165) is 5.56 Å². The van der Waals surface area contributed by atoms with Crippen LogP contribution in [0.2, 0.25) is 5.02 Å². The van der Waals surface area contributed by atoms with Gasteiger partial charge in [0.1, 0.15) is 0 Å². The highest BCUT2D eigenvalue weighted by atomic mass is 35.5. The van der Waals surface area contributed by atoms with Crippen LogP contribution >= 0.6 is 11.6 Å². The molecule has 0 spiro atoms. The van der Waals surface area contributed by atoms with Gasteiger partial charge < -0.3 is 10.8 Å². The third-order valence-electron chi connectivity index (χ3n) is 4.22. The first kappa shape index (κ1) is 15.7. The Bertz CT molecular complexity index is 445. The van der Waals surface area contributed by atoms with Gasteiger partial charge in [-0.2, -0.15) is 0 Å². The van der Waals surface area contributed by atoms with Gasteiger partial charge in [0.15, 0.2) is 0 Å². The van der Waals surface area contributed by atoms with E-state index in [1.165, 1.54) is 0 Å². The molecule has 3 N–H and O–H groups in total. The van der Waals surface area contributed by atoms with Crippen LogP contribution in [-0.2, 0) is 0 Å². The minimum absolute atomic E-state index is 0.139. The Labute approximate surface area is 122 Å². The summed E-state index contributed by atoms with van der Waals surface area (Å²) in [7, 11) is 0. The number of alkyl halides is 2. The average molecular weight is 304 g/mol. The number of rotatable bonds is 4. The van der Waals surface area contributed by atoms with Crippen LogP contribution in [0, 0.1) is 5.92 Å². The molecule has 0 aromatic heterocycles. The smallest absolute Gasteiger partial charge is 0.248 e. The van der Waals surface area contributed by atoms with Crippen molar-refractivity contribution in [3.8, 4) is 0 Å². The van der Waals surface area contributed by atoms with E-state index in [-0.39, 0.29) is 31.2 Å². The number of aliphatic hydroxyl groups excluding tert-OH is 1. The van der Waals surface area contributed by atoms with E-state index in [4.69, 9.17) is 17.3 Å². The van der Waals surface area contributed by atoms with Gasteiger partial charge in [-0.05, 0) is 30.4 Å². The van der Waals surface area contributed by atoms with E-state index in [1.807, 2.05) is 18.2 Å². The number of nitrogens with two attached hydrogens (primary N) is 1. The topological polar surface area (TPSA) is 46.2 Å². The van der Waals surface area contributed by atoms with E-state index in [9.17, 15) is 13.9 Å². The molecule has 0 aliphatic heterocycles. The molecule has 5 heteroatoms. The molecule has 2 atom stereocenters. The van der Waals surface area contributed by atoms with Gasteiger partial charge >= 0.3 is 0 Å². The van der Waals surface area contributed by atoms with E-state index in [1.54, 1.807) is 6.07 Å². The number of hydrogen-bond donors (Lipinski definition) is 2. The van der Waals surface area contributed by atoms with E-state index in [0.29, 0.717) is 17.9 Å². The molecular formula is C15H20ClF2NO. The summed E-state index contributed by atoms with van der Waals surface area (Å²) < 4.78 is 26.4. The fourth-order valence-electron chi connectivity index (χ4n) is 2.96. The molecule has 1 aliphatic carbocycles. The number of halogens is 3. The summed E-state index contributed by atoms with van der Waals surface area (Å²) in [5.41, 5.74) is 6.56. The van der Waals surface area contributed by atoms with Crippen LogP contribution in [0.1, 0.15) is 37.2 Å². The fraction of sp³-hybridized carbons (Fsp3) is 0.600. The molecule has 1 fully saturated rings. The first-order valence-corrected chi connectivity index (χ1v) is 7.33. The molecule has 0 saturated heterocycles. The van der Waals surface area contributed by atoms with Gasteiger partial charge in [-0.3, -0.25) is 0 Å². The van der Waals surface area contributed by atoms with Crippen LogP contribution in [0.15, 0.2) is 24.3 Å². The summed E-state index contributed by atoms with van der Waals surface area (Å²) in [5.74, 6) is -3.03. The molecule has 1 aromatic carbocycles. The predicted octanol–water partition coefficient (Wildman–Crippen LogP) is 3.57. The second-order valence-electron chi connectivity index (χ2n) is 5.55. The van der Waals surface area contributed by atoms with Gasteiger partial charge in [-0.15, -0.1) is 0 Å². The monoisotopic (exact) mass is 303 g/mol. The van der Waals surface area contributed by atoms with Crippen molar-refractivity contribution in [3.63, 3.8) is 0 Å². The lowest BCUT2D eigenvalue weighted by molar-refractivity contribution is -0.0651. The van der Waals surface area contributed by atoms with Crippen molar-refractivity contribution in [2.24, 2.45) is 11.7 Å². The molecule has 0 bridgehead atoms.